The molecule has 0 aromatic heterocycles. The molecule has 38 heavy (non-hydrogen) atoms. The van der Waals surface area contributed by atoms with Crippen molar-refractivity contribution in [3.63, 3.8) is 0 Å². The van der Waals surface area contributed by atoms with Gasteiger partial charge in [0.1, 0.15) is 11.5 Å². The number of nitrogens with zero attached hydrogens (tertiary/aromatic N) is 1. The molecular formula is C29H37NO8. The van der Waals surface area contributed by atoms with Crippen LogP contribution in [0.4, 0.5) is 0 Å². The number of amides is 1. The molecule has 0 unspecified atom stereocenters. The van der Waals surface area contributed by atoms with Gasteiger partial charge in [-0.1, -0.05) is 13.3 Å². The van der Waals surface area contributed by atoms with Crippen molar-refractivity contribution in [2.45, 2.75) is 39.2 Å². The summed E-state index contributed by atoms with van der Waals surface area (Å²) >= 11 is 0. The Kier molecular flexibility index (Phi) is 10.0. The van der Waals surface area contributed by atoms with Crippen LogP contribution < -0.4 is 18.9 Å². The second kappa shape index (κ2) is 13.2. The Labute approximate surface area is 223 Å². The summed E-state index contributed by atoms with van der Waals surface area (Å²) in [5.41, 5.74) is 1.75. The lowest BCUT2D eigenvalue weighted by atomic mass is 9.94. The molecule has 1 heterocycles. The molecule has 1 atom stereocenters. The van der Waals surface area contributed by atoms with Crippen LogP contribution in [0.25, 0.3) is 5.76 Å². The summed E-state index contributed by atoms with van der Waals surface area (Å²) < 4.78 is 27.5. The second-order valence-electron chi connectivity index (χ2n) is 8.98. The van der Waals surface area contributed by atoms with Crippen LogP contribution in [0.1, 0.15) is 48.9 Å². The molecule has 2 aromatic rings. The van der Waals surface area contributed by atoms with Gasteiger partial charge in [0.2, 0.25) is 5.75 Å². The molecule has 0 spiro atoms. The molecule has 1 N–H and O–H groups in total. The first kappa shape index (κ1) is 28.8. The number of Topliss-reactive ketones (excluding diaryl/α,β-unsaturated/α-hetero) is 1. The summed E-state index contributed by atoms with van der Waals surface area (Å²) in [4.78, 5) is 28.0. The zero-order valence-electron chi connectivity index (χ0n) is 23.0. The van der Waals surface area contributed by atoms with Gasteiger partial charge in [0.25, 0.3) is 11.7 Å². The first-order chi connectivity index (χ1) is 18.3. The number of ketones is 1. The van der Waals surface area contributed by atoms with Crippen LogP contribution in [0, 0.1) is 6.92 Å². The van der Waals surface area contributed by atoms with Crippen LogP contribution >= 0.6 is 0 Å². The van der Waals surface area contributed by atoms with E-state index in [4.69, 9.17) is 23.7 Å². The van der Waals surface area contributed by atoms with Crippen LogP contribution in [-0.2, 0) is 14.3 Å². The summed E-state index contributed by atoms with van der Waals surface area (Å²) in [5, 5.41) is 11.4. The molecule has 1 fully saturated rings. The molecule has 1 saturated heterocycles. The van der Waals surface area contributed by atoms with Crippen LogP contribution in [0.2, 0.25) is 0 Å². The fraction of sp³-hybridized carbons (Fsp3) is 0.448. The highest BCUT2D eigenvalue weighted by atomic mass is 16.5. The number of hydrogen-bond acceptors (Lipinski definition) is 8. The van der Waals surface area contributed by atoms with E-state index in [2.05, 4.69) is 6.92 Å². The van der Waals surface area contributed by atoms with Crippen LogP contribution in [-0.4, -0.2) is 69.9 Å². The quantitative estimate of drug-likeness (QED) is 0.174. The summed E-state index contributed by atoms with van der Waals surface area (Å²) in [6.07, 6.45) is 2.46. The molecule has 0 saturated carbocycles. The van der Waals surface area contributed by atoms with Crippen molar-refractivity contribution >= 4 is 17.4 Å². The fourth-order valence-corrected chi connectivity index (χ4v) is 4.54. The number of carbonyl (C=O) groups excluding carboxylic acids is 2. The highest BCUT2D eigenvalue weighted by Gasteiger charge is 2.46. The van der Waals surface area contributed by atoms with Crippen molar-refractivity contribution in [2.75, 3.05) is 48.2 Å². The zero-order valence-corrected chi connectivity index (χ0v) is 23.0. The predicted molar refractivity (Wildman–Crippen MR) is 143 cm³/mol. The van der Waals surface area contributed by atoms with E-state index in [1.54, 1.807) is 37.4 Å². The number of rotatable bonds is 13. The summed E-state index contributed by atoms with van der Waals surface area (Å²) in [6.45, 7) is 5.21. The summed E-state index contributed by atoms with van der Waals surface area (Å²) in [7, 11) is 6.05. The number of aliphatic hydroxyl groups excluding tert-OH is 1. The number of likely N-dealkylation sites (tertiary alicyclic amines) is 1. The molecule has 2 aromatic carbocycles. The van der Waals surface area contributed by atoms with Crippen molar-refractivity contribution in [2.24, 2.45) is 0 Å². The molecule has 0 bridgehead atoms. The van der Waals surface area contributed by atoms with E-state index in [0.29, 0.717) is 53.8 Å². The first-order valence-electron chi connectivity index (χ1n) is 12.6. The average molecular weight is 528 g/mol. The van der Waals surface area contributed by atoms with Gasteiger partial charge < -0.3 is 33.7 Å². The predicted octanol–water partition coefficient (Wildman–Crippen LogP) is 4.66. The lowest BCUT2D eigenvalue weighted by molar-refractivity contribution is -0.140. The van der Waals surface area contributed by atoms with Gasteiger partial charge in [-0.25, -0.2) is 0 Å². The molecule has 0 radical (unpaired) electrons. The van der Waals surface area contributed by atoms with E-state index >= 15 is 0 Å². The average Bonchev–Trinajstić information content (AvgIpc) is 3.17. The van der Waals surface area contributed by atoms with Crippen molar-refractivity contribution in [3.8, 4) is 23.0 Å². The molecule has 206 valence electrons. The number of methoxy groups -OCH3 is 4. The summed E-state index contributed by atoms with van der Waals surface area (Å²) in [5.74, 6) is 0.0971. The lowest BCUT2D eigenvalue weighted by Crippen LogP contribution is -2.31. The van der Waals surface area contributed by atoms with Gasteiger partial charge in [-0.2, -0.15) is 0 Å². The molecular weight excluding hydrogens is 490 g/mol. The zero-order chi connectivity index (χ0) is 27.8. The number of unbranched alkanes of at least 4 members (excludes halogenated alkanes) is 1. The van der Waals surface area contributed by atoms with Gasteiger partial charge in [0.15, 0.2) is 11.5 Å². The third-order valence-electron chi connectivity index (χ3n) is 6.49. The number of aryl methyl sites for hydroxylation is 1. The SMILES string of the molecule is CCCCOc1ccc(/C(O)=C2\C(=O)C(=O)N(CCCOC)[C@@H]2c2cc(OC)c(OC)c(OC)c2)cc1C. The van der Waals surface area contributed by atoms with Gasteiger partial charge in [0, 0.05) is 25.8 Å². The standard InChI is InChI=1S/C29H37NO8/c1-7-8-14-38-21-11-10-19(15-18(21)2)26(31)24-25(30(12-9-13-34-3)29(33)27(24)32)20-16-22(35-4)28(37-6)23(17-20)36-5/h10-11,15-17,25,31H,7-9,12-14H2,1-6H3/b26-24+/t25-/m1/s1. The molecule has 1 amide bonds. The minimum atomic E-state index is -0.874. The van der Waals surface area contributed by atoms with Gasteiger partial charge in [-0.15, -0.1) is 0 Å². The lowest BCUT2D eigenvalue weighted by Gasteiger charge is -2.26. The van der Waals surface area contributed by atoms with Crippen molar-refractivity contribution in [3.05, 3.63) is 52.6 Å². The summed E-state index contributed by atoms with van der Waals surface area (Å²) in [6, 6.07) is 7.70. The van der Waals surface area contributed by atoms with E-state index in [0.717, 1.165) is 18.4 Å². The van der Waals surface area contributed by atoms with Gasteiger partial charge in [0.05, 0.1) is 39.6 Å². The van der Waals surface area contributed by atoms with Crippen LogP contribution in [0.15, 0.2) is 35.9 Å². The maximum atomic E-state index is 13.4. The molecule has 9 heteroatoms. The third kappa shape index (κ3) is 5.88. The highest BCUT2D eigenvalue weighted by Crippen LogP contribution is 2.45. The maximum absolute atomic E-state index is 13.4. The van der Waals surface area contributed by atoms with E-state index in [-0.39, 0.29) is 17.9 Å². The Morgan fingerprint density at radius 2 is 1.61 bits per heavy atom. The largest absolute Gasteiger partial charge is 0.507 e. The van der Waals surface area contributed by atoms with E-state index in [1.165, 1.54) is 26.2 Å². The highest BCUT2D eigenvalue weighted by molar-refractivity contribution is 6.46. The van der Waals surface area contributed by atoms with Crippen LogP contribution in [0.3, 0.4) is 0 Å². The molecule has 0 aliphatic carbocycles. The minimum Gasteiger partial charge on any atom is -0.507 e. The Bertz CT molecular complexity index is 1160. The van der Waals surface area contributed by atoms with Crippen molar-refractivity contribution in [1.82, 2.24) is 4.90 Å². The Morgan fingerprint density at radius 1 is 0.921 bits per heavy atom. The Morgan fingerprint density at radius 3 is 2.16 bits per heavy atom. The molecule has 9 nitrogen and oxygen atoms in total. The van der Waals surface area contributed by atoms with Crippen molar-refractivity contribution < 1.29 is 38.4 Å². The van der Waals surface area contributed by atoms with E-state index in [1.807, 2.05) is 6.92 Å². The molecule has 1 aliphatic heterocycles. The monoisotopic (exact) mass is 527 g/mol. The minimum absolute atomic E-state index is 0.0132. The van der Waals surface area contributed by atoms with Crippen LogP contribution in [0.5, 0.6) is 23.0 Å². The Hall–Kier alpha value is -3.72. The smallest absolute Gasteiger partial charge is 0.295 e. The number of aliphatic hydroxyl groups is 1. The van der Waals surface area contributed by atoms with Gasteiger partial charge in [-0.3, -0.25) is 9.59 Å². The topological polar surface area (TPSA) is 104 Å². The normalized spacial score (nSPS) is 16.6. The van der Waals surface area contributed by atoms with E-state index < -0.39 is 17.7 Å². The number of ether oxygens (including phenoxy) is 5. The van der Waals surface area contributed by atoms with Gasteiger partial charge in [-0.05, 0) is 61.2 Å². The van der Waals surface area contributed by atoms with E-state index in [9.17, 15) is 14.7 Å². The van der Waals surface area contributed by atoms with Gasteiger partial charge >= 0.3 is 0 Å². The maximum Gasteiger partial charge on any atom is 0.295 e. The first-order valence-corrected chi connectivity index (χ1v) is 12.6. The molecule has 1 aliphatic rings. The Balaban J connectivity index is 2.16. The number of benzene rings is 2. The third-order valence-corrected chi connectivity index (χ3v) is 6.49. The number of hydrogen-bond donors (Lipinski definition) is 1. The number of carbonyl (C=O) groups is 2. The molecule has 3 rings (SSSR count). The van der Waals surface area contributed by atoms with Crippen molar-refractivity contribution in [1.29, 1.82) is 0 Å². The second-order valence-corrected chi connectivity index (χ2v) is 8.98. The fourth-order valence-electron chi connectivity index (χ4n) is 4.54.